The zero-order valence-corrected chi connectivity index (χ0v) is 13.9. The zero-order chi connectivity index (χ0) is 16.7. The van der Waals surface area contributed by atoms with Gasteiger partial charge >= 0.3 is 0 Å². The van der Waals surface area contributed by atoms with Crippen LogP contribution in [-0.2, 0) is 12.8 Å². The predicted molar refractivity (Wildman–Crippen MR) is 92.2 cm³/mol. The molecule has 0 bridgehead atoms. The van der Waals surface area contributed by atoms with Crippen molar-refractivity contribution in [2.24, 2.45) is 0 Å². The lowest BCUT2D eigenvalue weighted by atomic mass is 10.0. The number of methoxy groups -OCH3 is 1. The molecule has 0 aliphatic carbocycles. The Labute approximate surface area is 138 Å². The fourth-order valence-corrected chi connectivity index (χ4v) is 3.09. The van der Waals surface area contributed by atoms with Crippen LogP contribution >= 0.6 is 0 Å². The molecular weight excluding hydrogens is 304 g/mol. The fraction of sp³-hybridized carbons (Fsp3) is 0.278. The number of aromatic amines is 1. The molecule has 0 aliphatic rings. The third-order valence-electron chi connectivity index (χ3n) is 4.29. The molecule has 1 N–H and O–H groups in total. The van der Waals surface area contributed by atoms with E-state index in [1.54, 1.807) is 7.11 Å². The number of hydrogen-bond donors (Lipinski definition) is 1. The lowest BCUT2D eigenvalue weighted by Gasteiger charge is -2.06. The summed E-state index contributed by atoms with van der Waals surface area (Å²) in [5.41, 5.74) is 3.90. The van der Waals surface area contributed by atoms with Crippen molar-refractivity contribution < 1.29 is 9.26 Å². The van der Waals surface area contributed by atoms with E-state index in [2.05, 4.69) is 27.0 Å². The van der Waals surface area contributed by atoms with Gasteiger partial charge in [-0.3, -0.25) is 0 Å². The summed E-state index contributed by atoms with van der Waals surface area (Å²) in [5, 5.41) is 6.23. The number of H-pyrrole nitrogens is 1. The van der Waals surface area contributed by atoms with E-state index < -0.39 is 0 Å². The summed E-state index contributed by atoms with van der Waals surface area (Å²) in [6.07, 6.45) is 3.37. The van der Waals surface area contributed by atoms with Crippen molar-refractivity contribution in [3.63, 3.8) is 0 Å². The van der Waals surface area contributed by atoms with Gasteiger partial charge in [-0.05, 0) is 30.2 Å². The highest BCUT2D eigenvalue weighted by atomic mass is 16.5. The van der Waals surface area contributed by atoms with Gasteiger partial charge in [0, 0.05) is 22.7 Å². The Bertz CT molecular complexity index is 1030. The van der Waals surface area contributed by atoms with Crippen molar-refractivity contribution in [2.45, 2.75) is 26.7 Å². The molecule has 6 heteroatoms. The van der Waals surface area contributed by atoms with Gasteiger partial charge in [-0.15, -0.1) is 0 Å². The number of pyridine rings is 1. The highest BCUT2D eigenvalue weighted by Gasteiger charge is 2.18. The monoisotopic (exact) mass is 322 g/mol. The molecular formula is C18H18N4O2. The summed E-state index contributed by atoms with van der Waals surface area (Å²) in [7, 11) is 1.68. The molecule has 0 fully saturated rings. The first-order valence-electron chi connectivity index (χ1n) is 8.05. The first-order valence-corrected chi connectivity index (χ1v) is 8.05. The van der Waals surface area contributed by atoms with Crippen molar-refractivity contribution in [1.29, 1.82) is 0 Å². The van der Waals surface area contributed by atoms with Crippen molar-refractivity contribution >= 4 is 21.8 Å². The Hall–Kier alpha value is -2.89. The highest BCUT2D eigenvalue weighted by Crippen LogP contribution is 2.34. The summed E-state index contributed by atoms with van der Waals surface area (Å²) in [5.74, 6) is 1.99. The van der Waals surface area contributed by atoms with Gasteiger partial charge in [0.25, 0.3) is 5.89 Å². The van der Waals surface area contributed by atoms with Crippen LogP contribution < -0.4 is 4.74 Å². The minimum atomic E-state index is 0.475. The topological polar surface area (TPSA) is 76.8 Å². The average molecular weight is 322 g/mol. The molecule has 0 amide bonds. The Morgan fingerprint density at radius 2 is 2.04 bits per heavy atom. The molecule has 3 aromatic heterocycles. The highest BCUT2D eigenvalue weighted by molar-refractivity contribution is 6.10. The molecule has 24 heavy (non-hydrogen) atoms. The Morgan fingerprint density at radius 1 is 1.17 bits per heavy atom. The lowest BCUT2D eigenvalue weighted by molar-refractivity contribution is 0.415. The van der Waals surface area contributed by atoms with E-state index in [1.807, 2.05) is 31.3 Å². The van der Waals surface area contributed by atoms with Crippen molar-refractivity contribution in [1.82, 2.24) is 20.1 Å². The molecule has 4 rings (SSSR count). The normalized spacial score (nSPS) is 11.5. The minimum Gasteiger partial charge on any atom is -0.497 e. The van der Waals surface area contributed by atoms with E-state index in [1.165, 1.54) is 0 Å². The van der Waals surface area contributed by atoms with Crippen molar-refractivity contribution in [2.75, 3.05) is 7.11 Å². The molecule has 0 unspecified atom stereocenters. The van der Waals surface area contributed by atoms with E-state index in [0.29, 0.717) is 11.7 Å². The molecule has 0 radical (unpaired) electrons. The summed E-state index contributed by atoms with van der Waals surface area (Å²) in [6, 6.07) is 6.01. The molecule has 0 saturated carbocycles. The third kappa shape index (κ3) is 2.14. The zero-order valence-electron chi connectivity index (χ0n) is 13.9. The number of nitrogens with zero attached hydrogens (tertiary/aromatic N) is 3. The van der Waals surface area contributed by atoms with Crippen LogP contribution in [0.5, 0.6) is 5.75 Å². The maximum absolute atomic E-state index is 5.41. The molecule has 3 heterocycles. The summed E-state index contributed by atoms with van der Waals surface area (Å²) in [6.45, 7) is 4.11. The summed E-state index contributed by atoms with van der Waals surface area (Å²) >= 11 is 0. The van der Waals surface area contributed by atoms with Crippen LogP contribution in [0, 0.1) is 0 Å². The summed E-state index contributed by atoms with van der Waals surface area (Å²) in [4.78, 5) is 12.4. The van der Waals surface area contributed by atoms with Gasteiger partial charge in [0.2, 0.25) is 0 Å². The van der Waals surface area contributed by atoms with Crippen LogP contribution in [0.25, 0.3) is 33.4 Å². The first kappa shape index (κ1) is 14.7. The van der Waals surface area contributed by atoms with Crippen LogP contribution in [0.1, 0.15) is 25.2 Å². The summed E-state index contributed by atoms with van der Waals surface area (Å²) < 4.78 is 10.8. The van der Waals surface area contributed by atoms with Gasteiger partial charge in [-0.25, -0.2) is 4.98 Å². The van der Waals surface area contributed by atoms with E-state index in [-0.39, 0.29) is 0 Å². The molecule has 122 valence electrons. The van der Waals surface area contributed by atoms with E-state index >= 15 is 0 Å². The van der Waals surface area contributed by atoms with Crippen LogP contribution in [0.2, 0.25) is 0 Å². The molecule has 1 aromatic carbocycles. The van der Waals surface area contributed by atoms with Crippen LogP contribution in [0.15, 0.2) is 28.9 Å². The maximum Gasteiger partial charge on any atom is 0.276 e. The maximum atomic E-state index is 5.41. The molecule has 4 aromatic rings. The number of rotatable bonds is 4. The molecule has 0 aliphatic heterocycles. The second kappa shape index (κ2) is 5.63. The number of aromatic nitrogens is 4. The molecule has 0 atom stereocenters. The smallest absolute Gasteiger partial charge is 0.276 e. The van der Waals surface area contributed by atoms with E-state index in [9.17, 15) is 0 Å². The largest absolute Gasteiger partial charge is 0.497 e. The first-order chi connectivity index (χ1) is 11.7. The second-order valence-electron chi connectivity index (χ2n) is 5.63. The van der Waals surface area contributed by atoms with Gasteiger partial charge in [-0.2, -0.15) is 4.98 Å². The van der Waals surface area contributed by atoms with Gasteiger partial charge in [0.1, 0.15) is 11.4 Å². The molecule has 0 spiro atoms. The predicted octanol–water partition coefficient (Wildman–Crippen LogP) is 3.90. The Balaban J connectivity index is 2.03. The number of benzene rings is 1. The van der Waals surface area contributed by atoms with Crippen LogP contribution in [0.4, 0.5) is 0 Å². The quantitative estimate of drug-likeness (QED) is 0.616. The van der Waals surface area contributed by atoms with Crippen LogP contribution in [0.3, 0.4) is 0 Å². The molecule has 6 nitrogen and oxygen atoms in total. The van der Waals surface area contributed by atoms with Gasteiger partial charge in [0.15, 0.2) is 5.82 Å². The van der Waals surface area contributed by atoms with E-state index in [0.717, 1.165) is 51.7 Å². The van der Waals surface area contributed by atoms with Gasteiger partial charge < -0.3 is 14.2 Å². The number of ether oxygens (including phenoxy) is 1. The number of fused-ring (bicyclic) bond motifs is 3. The number of aryl methyl sites for hydroxylation is 2. The van der Waals surface area contributed by atoms with Crippen molar-refractivity contribution in [3.8, 4) is 17.3 Å². The van der Waals surface area contributed by atoms with Crippen molar-refractivity contribution in [3.05, 3.63) is 35.8 Å². The number of hydrogen-bond acceptors (Lipinski definition) is 5. The Kier molecular flexibility index (Phi) is 3.45. The van der Waals surface area contributed by atoms with Gasteiger partial charge in [-0.1, -0.05) is 19.0 Å². The molecule has 0 saturated heterocycles. The fourth-order valence-electron chi connectivity index (χ4n) is 3.09. The minimum absolute atomic E-state index is 0.475. The van der Waals surface area contributed by atoms with Crippen LogP contribution in [-0.4, -0.2) is 27.2 Å². The van der Waals surface area contributed by atoms with Gasteiger partial charge in [0.05, 0.1) is 18.8 Å². The lowest BCUT2D eigenvalue weighted by Crippen LogP contribution is -1.94. The third-order valence-corrected chi connectivity index (χ3v) is 4.29. The Morgan fingerprint density at radius 3 is 2.75 bits per heavy atom. The standard InChI is InChI=1S/C18H18N4O2/c1-4-11-16-12-8-10(23-3)6-7-13(12)20-14(16)9-19-17(11)18-21-15(5-2)22-24-18/h6-9,20H,4-5H2,1-3H3. The second-order valence-corrected chi connectivity index (χ2v) is 5.63. The number of nitrogens with one attached hydrogen (secondary N) is 1. The SMILES string of the molecule is CCc1noc(-c2ncc3[nH]c4ccc(OC)cc4c3c2CC)n1. The van der Waals surface area contributed by atoms with E-state index in [4.69, 9.17) is 9.26 Å². The average Bonchev–Trinajstić information content (AvgIpc) is 3.24.